The monoisotopic (exact) mass is 454 g/mol. The maximum atomic E-state index is 5.67. The molecule has 0 aliphatic heterocycles. The van der Waals surface area contributed by atoms with E-state index in [0.717, 1.165) is 26.0 Å². The summed E-state index contributed by atoms with van der Waals surface area (Å²) in [7, 11) is 0. The molecule has 0 saturated heterocycles. The number of rotatable bonds is 6. The van der Waals surface area contributed by atoms with E-state index in [0.29, 0.717) is 17.7 Å². The number of ether oxygens (including phenoxy) is 1. The van der Waals surface area contributed by atoms with Crippen molar-refractivity contribution in [1.29, 1.82) is 0 Å². The van der Waals surface area contributed by atoms with Crippen LogP contribution in [-0.4, -0.2) is 22.6 Å². The van der Waals surface area contributed by atoms with Gasteiger partial charge in [0, 0.05) is 14.7 Å². The molecule has 0 amide bonds. The fraction of sp³-hybridized carbons (Fsp3) is 0.125. The van der Waals surface area contributed by atoms with Crippen molar-refractivity contribution < 1.29 is 9.15 Å². The number of nitrogens with zero attached hydrogens (tertiary/aromatic N) is 2. The smallest absolute Gasteiger partial charge is 0.276 e. The zero-order chi connectivity index (χ0) is 16.1. The number of benzene rings is 2. The lowest BCUT2D eigenvalue weighted by Crippen LogP contribution is -1.99. The molecule has 0 N–H and O–H groups in total. The van der Waals surface area contributed by atoms with Crippen molar-refractivity contribution in [3.63, 3.8) is 0 Å². The molecule has 0 bridgehead atoms. The van der Waals surface area contributed by atoms with E-state index in [1.54, 1.807) is 0 Å². The van der Waals surface area contributed by atoms with Crippen molar-refractivity contribution in [2.24, 2.45) is 0 Å². The van der Waals surface area contributed by atoms with Crippen LogP contribution >= 0.6 is 43.6 Å². The highest BCUT2D eigenvalue weighted by molar-refractivity contribution is 9.10. The molecule has 1 aromatic heterocycles. The normalized spacial score (nSPS) is 10.7. The molecule has 0 saturated carbocycles. The molecule has 3 aromatic rings. The van der Waals surface area contributed by atoms with Crippen LogP contribution in [0.25, 0.3) is 11.5 Å². The maximum absolute atomic E-state index is 5.67. The summed E-state index contributed by atoms with van der Waals surface area (Å²) >= 11 is 8.37. The van der Waals surface area contributed by atoms with Crippen molar-refractivity contribution >= 4 is 43.6 Å². The fourth-order valence-corrected chi connectivity index (χ4v) is 3.27. The number of halogens is 2. The summed E-state index contributed by atoms with van der Waals surface area (Å²) in [5.41, 5.74) is 0.886. The van der Waals surface area contributed by atoms with Gasteiger partial charge in [0.15, 0.2) is 0 Å². The van der Waals surface area contributed by atoms with Crippen LogP contribution in [0.15, 0.2) is 67.1 Å². The van der Waals surface area contributed by atoms with Gasteiger partial charge in [0.2, 0.25) is 5.89 Å². The van der Waals surface area contributed by atoms with Crippen LogP contribution in [0.4, 0.5) is 0 Å². The molecule has 0 spiro atoms. The number of thioether (sulfide) groups is 1. The summed E-state index contributed by atoms with van der Waals surface area (Å²) < 4.78 is 13.3. The van der Waals surface area contributed by atoms with Crippen LogP contribution < -0.4 is 4.74 Å². The maximum Gasteiger partial charge on any atom is 0.276 e. The zero-order valence-electron chi connectivity index (χ0n) is 11.9. The van der Waals surface area contributed by atoms with Crippen molar-refractivity contribution in [2.45, 2.75) is 5.22 Å². The second-order valence-electron chi connectivity index (χ2n) is 4.51. The summed E-state index contributed by atoms with van der Waals surface area (Å²) in [4.78, 5) is 0. The first kappa shape index (κ1) is 16.5. The number of hydrogen-bond acceptors (Lipinski definition) is 5. The molecule has 0 aliphatic carbocycles. The van der Waals surface area contributed by atoms with Crippen LogP contribution in [0.5, 0.6) is 5.75 Å². The number of hydrogen-bond donors (Lipinski definition) is 0. The Hall–Kier alpha value is -1.31. The molecule has 118 valence electrons. The quantitative estimate of drug-likeness (QED) is 0.366. The van der Waals surface area contributed by atoms with Crippen molar-refractivity contribution in [1.82, 2.24) is 10.2 Å². The van der Waals surface area contributed by atoms with E-state index in [9.17, 15) is 0 Å². The second kappa shape index (κ2) is 7.99. The van der Waals surface area contributed by atoms with Gasteiger partial charge >= 0.3 is 0 Å². The largest absolute Gasteiger partial charge is 0.493 e. The first-order valence-corrected chi connectivity index (χ1v) is 9.39. The van der Waals surface area contributed by atoms with Gasteiger partial charge in [-0.2, -0.15) is 0 Å². The Balaban J connectivity index is 1.53. The molecular formula is C16H12Br2N2O2S. The molecule has 0 atom stereocenters. The minimum Gasteiger partial charge on any atom is -0.493 e. The van der Waals surface area contributed by atoms with E-state index in [1.165, 1.54) is 11.8 Å². The molecule has 4 nitrogen and oxygen atoms in total. The Bertz CT molecular complexity index is 795. The molecule has 23 heavy (non-hydrogen) atoms. The second-order valence-corrected chi connectivity index (χ2v) is 7.32. The Labute approximate surface area is 154 Å². The van der Waals surface area contributed by atoms with Gasteiger partial charge in [0.05, 0.1) is 12.2 Å². The third kappa shape index (κ3) is 4.59. The third-order valence-corrected chi connectivity index (χ3v) is 4.85. The van der Waals surface area contributed by atoms with E-state index in [2.05, 4.69) is 42.1 Å². The SMILES string of the molecule is Brc1cccc(OCCSc2nnc(-c3ccccc3Br)o2)c1. The highest BCUT2D eigenvalue weighted by atomic mass is 79.9. The molecule has 0 unspecified atom stereocenters. The van der Waals surface area contributed by atoms with E-state index in [-0.39, 0.29) is 0 Å². The fourth-order valence-electron chi connectivity index (χ4n) is 1.86. The molecule has 0 fully saturated rings. The van der Waals surface area contributed by atoms with E-state index in [4.69, 9.17) is 9.15 Å². The number of aromatic nitrogens is 2. The Kier molecular flexibility index (Phi) is 5.75. The lowest BCUT2D eigenvalue weighted by molar-refractivity contribution is 0.343. The van der Waals surface area contributed by atoms with Crippen molar-refractivity contribution in [2.75, 3.05) is 12.4 Å². The third-order valence-electron chi connectivity index (χ3n) is 2.88. The van der Waals surface area contributed by atoms with Gasteiger partial charge in [0.1, 0.15) is 5.75 Å². The highest BCUT2D eigenvalue weighted by Gasteiger charge is 2.11. The van der Waals surface area contributed by atoms with Gasteiger partial charge < -0.3 is 9.15 Å². The average molecular weight is 456 g/mol. The zero-order valence-corrected chi connectivity index (χ0v) is 15.9. The first-order chi connectivity index (χ1) is 11.2. The predicted octanol–water partition coefficient (Wildman–Crippen LogP) is 5.43. The molecule has 0 aliphatic rings. The van der Waals surface area contributed by atoms with Gasteiger partial charge in [-0.05, 0) is 46.3 Å². The van der Waals surface area contributed by atoms with Gasteiger partial charge in [0.25, 0.3) is 5.22 Å². The molecule has 1 heterocycles. The standard InChI is InChI=1S/C16H12Br2N2O2S/c17-11-4-3-5-12(10-11)21-8-9-23-16-20-19-15(22-16)13-6-1-2-7-14(13)18/h1-7,10H,8-9H2. The minimum atomic E-state index is 0.507. The molecular weight excluding hydrogens is 444 g/mol. The summed E-state index contributed by atoms with van der Waals surface area (Å²) in [6, 6.07) is 15.5. The van der Waals surface area contributed by atoms with Crippen LogP contribution in [0, 0.1) is 0 Å². The Morgan fingerprint density at radius 2 is 1.91 bits per heavy atom. The van der Waals surface area contributed by atoms with Crippen LogP contribution in [0.3, 0.4) is 0 Å². The van der Waals surface area contributed by atoms with Crippen LogP contribution in [-0.2, 0) is 0 Å². The molecule has 0 radical (unpaired) electrons. The topological polar surface area (TPSA) is 48.2 Å². The van der Waals surface area contributed by atoms with Gasteiger partial charge in [-0.15, -0.1) is 10.2 Å². The minimum absolute atomic E-state index is 0.507. The Morgan fingerprint density at radius 1 is 1.04 bits per heavy atom. The molecule has 7 heteroatoms. The van der Waals surface area contributed by atoms with E-state index in [1.807, 2.05) is 48.5 Å². The van der Waals surface area contributed by atoms with Gasteiger partial charge in [-0.1, -0.05) is 45.9 Å². The lowest BCUT2D eigenvalue weighted by Gasteiger charge is -2.04. The molecule has 2 aromatic carbocycles. The van der Waals surface area contributed by atoms with E-state index < -0.39 is 0 Å². The summed E-state index contributed by atoms with van der Waals surface area (Å²) in [6.45, 7) is 0.563. The summed E-state index contributed by atoms with van der Waals surface area (Å²) in [6.07, 6.45) is 0. The highest BCUT2D eigenvalue weighted by Crippen LogP contribution is 2.29. The van der Waals surface area contributed by atoms with Gasteiger partial charge in [-0.25, -0.2) is 0 Å². The Morgan fingerprint density at radius 3 is 2.74 bits per heavy atom. The van der Waals surface area contributed by atoms with Gasteiger partial charge in [-0.3, -0.25) is 0 Å². The summed E-state index contributed by atoms with van der Waals surface area (Å²) in [5.74, 6) is 2.07. The van der Waals surface area contributed by atoms with Crippen LogP contribution in [0.2, 0.25) is 0 Å². The van der Waals surface area contributed by atoms with Crippen molar-refractivity contribution in [3.05, 3.63) is 57.5 Å². The first-order valence-electron chi connectivity index (χ1n) is 6.82. The van der Waals surface area contributed by atoms with Crippen LogP contribution in [0.1, 0.15) is 0 Å². The summed E-state index contributed by atoms with van der Waals surface area (Å²) in [5, 5.41) is 8.67. The predicted molar refractivity (Wildman–Crippen MR) is 97.8 cm³/mol. The average Bonchev–Trinajstić information content (AvgIpc) is 3.01. The van der Waals surface area contributed by atoms with Crippen molar-refractivity contribution in [3.8, 4) is 17.2 Å². The molecule has 3 rings (SSSR count). The lowest BCUT2D eigenvalue weighted by atomic mass is 10.2. The van der Waals surface area contributed by atoms with E-state index >= 15 is 0 Å².